The van der Waals surface area contributed by atoms with Crippen LogP contribution in [0, 0.1) is 0 Å². The van der Waals surface area contributed by atoms with E-state index in [0.717, 1.165) is 19.5 Å². The first kappa shape index (κ1) is 21.7. The largest absolute Gasteiger partial charge is 0.464 e. The molecule has 8 heteroatoms. The number of carbonyl (C=O) groups is 2. The number of hydrogen-bond donors (Lipinski definition) is 0. The van der Waals surface area contributed by atoms with Gasteiger partial charge in [0, 0.05) is 19.6 Å². The molecule has 0 spiro atoms. The summed E-state index contributed by atoms with van der Waals surface area (Å²) in [5, 5.41) is 0. The first-order valence-electron chi connectivity index (χ1n) is 9.95. The molecule has 1 atom stereocenters. The third-order valence-electron chi connectivity index (χ3n) is 4.73. The van der Waals surface area contributed by atoms with E-state index in [-0.39, 0.29) is 11.7 Å². The summed E-state index contributed by atoms with van der Waals surface area (Å²) in [6, 6.07) is 10.1. The molecule has 1 aliphatic heterocycles. The second kappa shape index (κ2) is 9.21. The fraction of sp³-hybridized carbons (Fsp3) is 0.455. The van der Waals surface area contributed by atoms with Gasteiger partial charge in [-0.1, -0.05) is 30.3 Å². The van der Waals surface area contributed by atoms with Gasteiger partial charge in [-0.05, 0) is 32.8 Å². The standard InChI is InChI=1S/C22H28N4O4/c1-22(2,3)30-21(28)26(19-13-23-18(12-24-19)20(27)29-4)17-10-11-25(15-17)14-16-8-6-5-7-9-16/h5-9,12-13,17H,10-11,14-15H2,1-4H3/t17-/m1/s1. The van der Waals surface area contributed by atoms with Crippen LogP contribution in [0.3, 0.4) is 0 Å². The Bertz CT molecular complexity index is 865. The first-order valence-corrected chi connectivity index (χ1v) is 9.95. The molecule has 8 nitrogen and oxygen atoms in total. The Morgan fingerprint density at radius 2 is 1.90 bits per heavy atom. The number of methoxy groups -OCH3 is 1. The Labute approximate surface area is 176 Å². The molecular weight excluding hydrogens is 384 g/mol. The Balaban J connectivity index is 1.79. The third kappa shape index (κ3) is 5.54. The molecule has 1 amide bonds. The molecule has 0 aliphatic carbocycles. The number of anilines is 1. The molecule has 0 bridgehead atoms. The number of amides is 1. The highest BCUT2D eigenvalue weighted by Gasteiger charge is 2.35. The Kier molecular flexibility index (Phi) is 6.66. The number of rotatable bonds is 5. The Hall–Kier alpha value is -3.00. The fourth-order valence-corrected chi connectivity index (χ4v) is 3.40. The van der Waals surface area contributed by atoms with E-state index in [4.69, 9.17) is 4.74 Å². The van der Waals surface area contributed by atoms with Crippen molar-refractivity contribution in [3.63, 3.8) is 0 Å². The SMILES string of the molecule is COC(=O)c1cnc(N(C(=O)OC(C)(C)C)[C@@H]2CCN(Cc3ccccc3)C2)cn1. The van der Waals surface area contributed by atoms with Gasteiger partial charge in [-0.3, -0.25) is 9.80 Å². The summed E-state index contributed by atoms with van der Waals surface area (Å²) >= 11 is 0. The molecule has 0 N–H and O–H groups in total. The van der Waals surface area contributed by atoms with Crippen LogP contribution >= 0.6 is 0 Å². The quantitative estimate of drug-likeness (QED) is 0.697. The molecule has 1 fully saturated rings. The average molecular weight is 412 g/mol. The van der Waals surface area contributed by atoms with Gasteiger partial charge < -0.3 is 9.47 Å². The van der Waals surface area contributed by atoms with E-state index in [9.17, 15) is 9.59 Å². The van der Waals surface area contributed by atoms with Crippen LogP contribution in [0.15, 0.2) is 42.7 Å². The molecule has 1 aromatic heterocycles. The molecule has 3 rings (SSSR count). The highest BCUT2D eigenvalue weighted by molar-refractivity contribution is 5.89. The predicted molar refractivity (Wildman–Crippen MR) is 112 cm³/mol. The third-order valence-corrected chi connectivity index (χ3v) is 4.73. The average Bonchev–Trinajstić information content (AvgIpc) is 3.15. The molecule has 0 unspecified atom stereocenters. The van der Waals surface area contributed by atoms with Gasteiger partial charge in [-0.2, -0.15) is 0 Å². The van der Waals surface area contributed by atoms with Gasteiger partial charge in [0.25, 0.3) is 0 Å². The summed E-state index contributed by atoms with van der Waals surface area (Å²) in [6.07, 6.45) is 3.03. The van der Waals surface area contributed by atoms with Crippen molar-refractivity contribution in [2.24, 2.45) is 0 Å². The normalized spacial score (nSPS) is 16.9. The maximum Gasteiger partial charge on any atom is 0.416 e. The molecule has 1 saturated heterocycles. The molecule has 30 heavy (non-hydrogen) atoms. The fourth-order valence-electron chi connectivity index (χ4n) is 3.40. The van der Waals surface area contributed by atoms with Gasteiger partial charge in [-0.25, -0.2) is 19.6 Å². The number of nitrogens with zero attached hydrogens (tertiary/aromatic N) is 4. The van der Waals surface area contributed by atoms with E-state index < -0.39 is 17.7 Å². The van der Waals surface area contributed by atoms with Crippen LogP contribution in [0.1, 0.15) is 43.2 Å². The highest BCUT2D eigenvalue weighted by atomic mass is 16.6. The van der Waals surface area contributed by atoms with Crippen LogP contribution in [0.2, 0.25) is 0 Å². The van der Waals surface area contributed by atoms with E-state index >= 15 is 0 Å². The van der Waals surface area contributed by atoms with Crippen molar-refractivity contribution in [3.8, 4) is 0 Å². The van der Waals surface area contributed by atoms with Crippen molar-refractivity contribution >= 4 is 17.9 Å². The number of ether oxygens (including phenoxy) is 2. The zero-order valence-electron chi connectivity index (χ0n) is 17.9. The smallest absolute Gasteiger partial charge is 0.416 e. The minimum atomic E-state index is -0.642. The van der Waals surface area contributed by atoms with Gasteiger partial charge in [0.05, 0.1) is 25.5 Å². The number of esters is 1. The number of carbonyl (C=O) groups excluding carboxylic acids is 2. The first-order chi connectivity index (χ1) is 14.3. The number of hydrogen-bond acceptors (Lipinski definition) is 7. The lowest BCUT2D eigenvalue weighted by Gasteiger charge is -2.30. The summed E-state index contributed by atoms with van der Waals surface area (Å²) in [6.45, 7) is 7.83. The molecular formula is C22H28N4O4. The number of likely N-dealkylation sites (tertiary alicyclic amines) is 1. The maximum absolute atomic E-state index is 13.0. The highest BCUT2D eigenvalue weighted by Crippen LogP contribution is 2.25. The maximum atomic E-state index is 13.0. The van der Waals surface area contributed by atoms with Gasteiger partial charge in [0.1, 0.15) is 5.60 Å². The summed E-state index contributed by atoms with van der Waals surface area (Å²) in [7, 11) is 1.28. The Morgan fingerprint density at radius 1 is 1.17 bits per heavy atom. The van der Waals surface area contributed by atoms with E-state index in [2.05, 4.69) is 31.7 Å². The van der Waals surface area contributed by atoms with Gasteiger partial charge >= 0.3 is 12.1 Å². The minimum absolute atomic E-state index is 0.0857. The summed E-state index contributed by atoms with van der Waals surface area (Å²) in [5.74, 6) is -0.226. The van der Waals surface area contributed by atoms with E-state index in [1.165, 1.54) is 25.1 Å². The van der Waals surface area contributed by atoms with E-state index in [0.29, 0.717) is 12.4 Å². The molecule has 2 aromatic rings. The van der Waals surface area contributed by atoms with Crippen molar-refractivity contribution in [1.82, 2.24) is 14.9 Å². The van der Waals surface area contributed by atoms with Crippen molar-refractivity contribution < 1.29 is 19.1 Å². The van der Waals surface area contributed by atoms with Crippen molar-refractivity contribution in [3.05, 3.63) is 54.0 Å². The second-order valence-corrected chi connectivity index (χ2v) is 8.26. The van der Waals surface area contributed by atoms with E-state index in [1.54, 1.807) is 4.90 Å². The van der Waals surface area contributed by atoms with E-state index in [1.807, 2.05) is 39.0 Å². The van der Waals surface area contributed by atoms with Crippen LogP contribution in [-0.4, -0.2) is 58.8 Å². The van der Waals surface area contributed by atoms with Crippen LogP contribution < -0.4 is 4.90 Å². The number of benzene rings is 1. The second-order valence-electron chi connectivity index (χ2n) is 8.26. The molecule has 2 heterocycles. The van der Waals surface area contributed by atoms with Gasteiger partial charge in [-0.15, -0.1) is 0 Å². The number of aromatic nitrogens is 2. The summed E-state index contributed by atoms with van der Waals surface area (Å²) in [5.41, 5.74) is 0.670. The van der Waals surface area contributed by atoms with Crippen LogP contribution in [0.25, 0.3) is 0 Å². The molecule has 0 radical (unpaired) electrons. The Morgan fingerprint density at radius 3 is 2.50 bits per heavy atom. The lowest BCUT2D eigenvalue weighted by molar-refractivity contribution is 0.0563. The topological polar surface area (TPSA) is 84.9 Å². The van der Waals surface area contributed by atoms with Crippen LogP contribution in [0.5, 0.6) is 0 Å². The lowest BCUT2D eigenvalue weighted by atomic mass is 10.2. The van der Waals surface area contributed by atoms with Crippen LogP contribution in [0.4, 0.5) is 10.6 Å². The van der Waals surface area contributed by atoms with Crippen molar-refractivity contribution in [2.75, 3.05) is 25.1 Å². The zero-order chi connectivity index (χ0) is 21.7. The molecule has 0 saturated carbocycles. The van der Waals surface area contributed by atoms with Crippen molar-refractivity contribution in [2.45, 2.75) is 45.4 Å². The van der Waals surface area contributed by atoms with Crippen molar-refractivity contribution in [1.29, 1.82) is 0 Å². The molecule has 1 aromatic carbocycles. The zero-order valence-corrected chi connectivity index (χ0v) is 17.9. The summed E-state index contributed by atoms with van der Waals surface area (Å²) < 4.78 is 10.3. The monoisotopic (exact) mass is 412 g/mol. The minimum Gasteiger partial charge on any atom is -0.464 e. The molecule has 1 aliphatic rings. The predicted octanol–water partition coefficient (Wildman–Crippen LogP) is 3.28. The van der Waals surface area contributed by atoms with Crippen LogP contribution in [-0.2, 0) is 16.0 Å². The summed E-state index contributed by atoms with van der Waals surface area (Å²) in [4.78, 5) is 36.9. The lowest BCUT2D eigenvalue weighted by Crippen LogP contribution is -2.45. The van der Waals surface area contributed by atoms with Gasteiger partial charge in [0.15, 0.2) is 11.5 Å². The van der Waals surface area contributed by atoms with Gasteiger partial charge in [0.2, 0.25) is 0 Å². The molecule has 160 valence electrons.